The predicted octanol–water partition coefficient (Wildman–Crippen LogP) is 1.88. The van der Waals surface area contributed by atoms with Gasteiger partial charge in [-0.2, -0.15) is 0 Å². The van der Waals surface area contributed by atoms with Crippen LogP contribution < -0.4 is 10.6 Å². The third-order valence-corrected chi connectivity index (χ3v) is 3.04. The Labute approximate surface area is 80.3 Å². The van der Waals surface area contributed by atoms with E-state index in [2.05, 4.69) is 24.5 Å². The summed E-state index contributed by atoms with van der Waals surface area (Å²) in [5, 5.41) is 5.59. The number of amides is 2. The molecule has 0 heterocycles. The molecule has 0 radical (unpaired) electrons. The average Bonchev–Trinajstić information content (AvgIpc) is 2.55. The molecule has 3 nitrogen and oxygen atoms in total. The van der Waals surface area contributed by atoms with E-state index < -0.39 is 0 Å². The summed E-state index contributed by atoms with van der Waals surface area (Å²) >= 11 is 0. The van der Waals surface area contributed by atoms with Crippen LogP contribution in [0.3, 0.4) is 0 Å². The van der Waals surface area contributed by atoms with Gasteiger partial charge in [0.2, 0.25) is 0 Å². The zero-order valence-electron chi connectivity index (χ0n) is 8.81. The minimum atomic E-state index is -0.0723. The summed E-state index contributed by atoms with van der Waals surface area (Å²) in [6.45, 7) is 4.22. The van der Waals surface area contributed by atoms with Gasteiger partial charge in [-0.05, 0) is 32.6 Å². The second kappa shape index (κ2) is 3.99. The van der Waals surface area contributed by atoms with Crippen LogP contribution in [0.1, 0.15) is 39.5 Å². The van der Waals surface area contributed by atoms with Crippen LogP contribution in [0.15, 0.2) is 0 Å². The van der Waals surface area contributed by atoms with Gasteiger partial charge >= 0.3 is 6.03 Å². The first-order valence-electron chi connectivity index (χ1n) is 5.06. The summed E-state index contributed by atoms with van der Waals surface area (Å²) in [5.74, 6) is 0.643. The molecule has 0 aromatic carbocycles. The third-order valence-electron chi connectivity index (χ3n) is 3.04. The van der Waals surface area contributed by atoms with Gasteiger partial charge in [0.05, 0.1) is 0 Å². The Morgan fingerprint density at radius 3 is 2.31 bits per heavy atom. The zero-order valence-corrected chi connectivity index (χ0v) is 8.81. The fourth-order valence-corrected chi connectivity index (χ4v) is 2.10. The van der Waals surface area contributed by atoms with Crippen molar-refractivity contribution in [3.8, 4) is 0 Å². The number of urea groups is 1. The van der Waals surface area contributed by atoms with E-state index in [1.807, 2.05) is 0 Å². The highest BCUT2D eigenvalue weighted by molar-refractivity contribution is 5.74. The Kier molecular flexibility index (Phi) is 3.17. The molecule has 0 unspecified atom stereocenters. The molecule has 0 bridgehead atoms. The Morgan fingerprint density at radius 2 is 1.85 bits per heavy atom. The lowest BCUT2D eigenvalue weighted by atomic mass is 9.86. The summed E-state index contributed by atoms with van der Waals surface area (Å²) in [6.07, 6.45) is 5.11. The molecule has 0 atom stereocenters. The molecule has 1 aliphatic rings. The lowest BCUT2D eigenvalue weighted by Gasteiger charge is -2.32. The lowest BCUT2D eigenvalue weighted by Crippen LogP contribution is -2.51. The smallest absolute Gasteiger partial charge is 0.314 e. The molecule has 3 heteroatoms. The molecule has 1 rings (SSSR count). The molecule has 0 saturated heterocycles. The molecule has 76 valence electrons. The monoisotopic (exact) mass is 184 g/mol. The van der Waals surface area contributed by atoms with Crippen molar-refractivity contribution in [2.45, 2.75) is 45.1 Å². The largest absolute Gasteiger partial charge is 0.341 e. The SMILES string of the molecule is CNC(=O)NC(C)(C)C1CCCC1. The molecule has 0 aromatic rings. The molecule has 13 heavy (non-hydrogen) atoms. The van der Waals surface area contributed by atoms with Crippen LogP contribution >= 0.6 is 0 Å². The number of carbonyl (C=O) groups is 1. The highest BCUT2D eigenvalue weighted by Crippen LogP contribution is 2.33. The van der Waals surface area contributed by atoms with Crippen LogP contribution in [0.2, 0.25) is 0 Å². The van der Waals surface area contributed by atoms with E-state index in [4.69, 9.17) is 0 Å². The van der Waals surface area contributed by atoms with Crippen molar-refractivity contribution < 1.29 is 4.79 Å². The maximum absolute atomic E-state index is 11.2. The summed E-state index contributed by atoms with van der Waals surface area (Å²) < 4.78 is 0. The van der Waals surface area contributed by atoms with Gasteiger partial charge in [-0.1, -0.05) is 12.8 Å². The van der Waals surface area contributed by atoms with Gasteiger partial charge in [-0.25, -0.2) is 4.79 Å². The maximum Gasteiger partial charge on any atom is 0.314 e. The average molecular weight is 184 g/mol. The quantitative estimate of drug-likeness (QED) is 0.676. The fraction of sp³-hybridized carbons (Fsp3) is 0.900. The molecule has 1 aliphatic carbocycles. The van der Waals surface area contributed by atoms with Crippen LogP contribution in [0.25, 0.3) is 0 Å². The van der Waals surface area contributed by atoms with Crippen molar-refractivity contribution in [1.82, 2.24) is 10.6 Å². The van der Waals surface area contributed by atoms with Crippen molar-refractivity contribution in [1.29, 1.82) is 0 Å². The first-order chi connectivity index (χ1) is 6.06. The minimum Gasteiger partial charge on any atom is -0.341 e. The fourth-order valence-electron chi connectivity index (χ4n) is 2.10. The Bertz CT molecular complexity index is 183. The molecule has 1 saturated carbocycles. The number of rotatable bonds is 2. The Hall–Kier alpha value is -0.730. The molecule has 0 spiro atoms. The summed E-state index contributed by atoms with van der Waals surface area (Å²) in [4.78, 5) is 11.2. The van der Waals surface area contributed by atoms with E-state index in [1.165, 1.54) is 25.7 Å². The van der Waals surface area contributed by atoms with Crippen LogP contribution in [0.4, 0.5) is 4.79 Å². The number of nitrogens with one attached hydrogen (secondary N) is 2. The first-order valence-corrected chi connectivity index (χ1v) is 5.06. The molecular weight excluding hydrogens is 164 g/mol. The highest BCUT2D eigenvalue weighted by Gasteiger charge is 2.32. The number of carbonyl (C=O) groups excluding carboxylic acids is 1. The molecule has 0 aromatic heterocycles. The molecular formula is C10H20N2O. The van der Waals surface area contributed by atoms with E-state index in [0.717, 1.165) is 0 Å². The van der Waals surface area contributed by atoms with Crippen molar-refractivity contribution >= 4 is 6.03 Å². The van der Waals surface area contributed by atoms with Gasteiger partial charge < -0.3 is 10.6 Å². The summed E-state index contributed by atoms with van der Waals surface area (Å²) in [5.41, 5.74) is -0.0589. The lowest BCUT2D eigenvalue weighted by molar-refractivity contribution is 0.213. The molecule has 2 amide bonds. The number of hydrogen-bond acceptors (Lipinski definition) is 1. The van der Waals surface area contributed by atoms with Crippen LogP contribution in [-0.2, 0) is 0 Å². The van der Waals surface area contributed by atoms with E-state index >= 15 is 0 Å². The van der Waals surface area contributed by atoms with Crippen molar-refractivity contribution in [3.63, 3.8) is 0 Å². The standard InChI is InChI=1S/C10H20N2O/c1-10(2,12-9(13)11-3)8-6-4-5-7-8/h8H,4-7H2,1-3H3,(H2,11,12,13). The van der Waals surface area contributed by atoms with Crippen molar-refractivity contribution in [2.75, 3.05) is 7.05 Å². The molecule has 0 aliphatic heterocycles. The van der Waals surface area contributed by atoms with E-state index in [0.29, 0.717) is 5.92 Å². The van der Waals surface area contributed by atoms with Gasteiger partial charge in [0, 0.05) is 12.6 Å². The zero-order chi connectivity index (χ0) is 9.90. The second-order valence-corrected chi connectivity index (χ2v) is 4.41. The van der Waals surface area contributed by atoms with Crippen molar-refractivity contribution in [2.24, 2.45) is 5.92 Å². The predicted molar refractivity (Wildman–Crippen MR) is 53.6 cm³/mol. The van der Waals surface area contributed by atoms with Crippen LogP contribution in [0, 0.1) is 5.92 Å². The van der Waals surface area contributed by atoms with E-state index in [-0.39, 0.29) is 11.6 Å². The summed E-state index contributed by atoms with van der Waals surface area (Å²) in [6, 6.07) is -0.0723. The van der Waals surface area contributed by atoms with Gasteiger partial charge in [-0.15, -0.1) is 0 Å². The van der Waals surface area contributed by atoms with Crippen LogP contribution in [0.5, 0.6) is 0 Å². The van der Waals surface area contributed by atoms with E-state index in [1.54, 1.807) is 7.05 Å². The number of hydrogen-bond donors (Lipinski definition) is 2. The van der Waals surface area contributed by atoms with Gasteiger partial charge in [-0.3, -0.25) is 0 Å². The molecule has 2 N–H and O–H groups in total. The minimum absolute atomic E-state index is 0.0589. The highest BCUT2D eigenvalue weighted by atomic mass is 16.2. The van der Waals surface area contributed by atoms with Gasteiger partial charge in [0.1, 0.15) is 0 Å². The normalized spacial score (nSPS) is 18.7. The van der Waals surface area contributed by atoms with Crippen molar-refractivity contribution in [3.05, 3.63) is 0 Å². The Morgan fingerprint density at radius 1 is 1.31 bits per heavy atom. The van der Waals surface area contributed by atoms with Gasteiger partial charge in [0.15, 0.2) is 0 Å². The summed E-state index contributed by atoms with van der Waals surface area (Å²) in [7, 11) is 1.65. The Balaban J connectivity index is 2.48. The van der Waals surface area contributed by atoms with Gasteiger partial charge in [0.25, 0.3) is 0 Å². The van der Waals surface area contributed by atoms with E-state index in [9.17, 15) is 4.79 Å². The van der Waals surface area contributed by atoms with Crippen LogP contribution in [-0.4, -0.2) is 18.6 Å². The first kappa shape index (κ1) is 10.4. The third kappa shape index (κ3) is 2.61. The second-order valence-electron chi connectivity index (χ2n) is 4.41. The maximum atomic E-state index is 11.2. The topological polar surface area (TPSA) is 41.1 Å². The molecule has 1 fully saturated rings.